The third-order valence-electron chi connectivity index (χ3n) is 2.32. The van der Waals surface area contributed by atoms with E-state index in [0.29, 0.717) is 16.6 Å². The van der Waals surface area contributed by atoms with Crippen molar-refractivity contribution in [1.82, 2.24) is 9.97 Å². The maximum absolute atomic E-state index is 5.91. The van der Waals surface area contributed by atoms with Crippen molar-refractivity contribution in [2.45, 2.75) is 0 Å². The normalized spacial score (nSPS) is 10.1. The summed E-state index contributed by atoms with van der Waals surface area (Å²) < 4.78 is 5.27. The van der Waals surface area contributed by atoms with E-state index in [-0.39, 0.29) is 0 Å². The zero-order valence-corrected chi connectivity index (χ0v) is 10.3. The molecular weight excluding hydrogens is 238 g/mol. The predicted molar refractivity (Wildman–Crippen MR) is 68.6 cm³/mol. The topological polar surface area (TPSA) is 47.0 Å². The number of nitrogens with zero attached hydrogens (tertiary/aromatic N) is 2. The molecule has 0 radical (unpaired) electrons. The van der Waals surface area contributed by atoms with Crippen molar-refractivity contribution in [2.24, 2.45) is 0 Å². The van der Waals surface area contributed by atoms with Crippen LogP contribution in [0.15, 0.2) is 30.5 Å². The molecule has 88 valence electrons. The monoisotopic (exact) mass is 249 g/mol. The van der Waals surface area contributed by atoms with Crippen molar-refractivity contribution in [2.75, 3.05) is 19.5 Å². The number of aromatic nitrogens is 2. The Bertz CT molecular complexity index is 531. The Morgan fingerprint density at radius 2 is 2.12 bits per heavy atom. The average molecular weight is 250 g/mol. The van der Waals surface area contributed by atoms with Gasteiger partial charge in [-0.3, -0.25) is 0 Å². The van der Waals surface area contributed by atoms with E-state index in [1.807, 2.05) is 13.1 Å². The summed E-state index contributed by atoms with van der Waals surface area (Å²) in [5.74, 6) is 2.02. The van der Waals surface area contributed by atoms with E-state index >= 15 is 0 Å². The zero-order valence-electron chi connectivity index (χ0n) is 9.57. The Morgan fingerprint density at radius 3 is 2.82 bits per heavy atom. The summed E-state index contributed by atoms with van der Waals surface area (Å²) in [5, 5.41) is 3.59. The van der Waals surface area contributed by atoms with Crippen LogP contribution in [0.4, 0.5) is 5.82 Å². The van der Waals surface area contributed by atoms with Crippen LogP contribution in [0.2, 0.25) is 5.02 Å². The highest BCUT2D eigenvalue weighted by Gasteiger charge is 2.09. The maximum atomic E-state index is 5.91. The van der Waals surface area contributed by atoms with Crippen LogP contribution in [0.3, 0.4) is 0 Å². The lowest BCUT2D eigenvalue weighted by atomic mass is 10.2. The van der Waals surface area contributed by atoms with Crippen LogP contribution >= 0.6 is 11.6 Å². The minimum absolute atomic E-state index is 0.602. The molecule has 0 saturated heterocycles. The van der Waals surface area contributed by atoms with Crippen LogP contribution in [0.1, 0.15) is 0 Å². The van der Waals surface area contributed by atoms with Gasteiger partial charge >= 0.3 is 0 Å². The quantitative estimate of drug-likeness (QED) is 0.909. The summed E-state index contributed by atoms with van der Waals surface area (Å²) in [6.45, 7) is 0. The van der Waals surface area contributed by atoms with Crippen molar-refractivity contribution < 1.29 is 4.74 Å². The van der Waals surface area contributed by atoms with Crippen LogP contribution in [0.5, 0.6) is 5.75 Å². The molecule has 1 N–H and O–H groups in total. The third kappa shape index (κ3) is 2.47. The molecule has 0 aliphatic carbocycles. The summed E-state index contributed by atoms with van der Waals surface area (Å²) >= 11 is 5.91. The predicted octanol–water partition coefficient (Wildman–Crippen LogP) is 2.85. The number of ether oxygens (including phenoxy) is 1. The molecule has 0 aliphatic rings. The van der Waals surface area contributed by atoms with Gasteiger partial charge in [-0.25, -0.2) is 9.97 Å². The first-order chi connectivity index (χ1) is 8.24. The van der Waals surface area contributed by atoms with Gasteiger partial charge in [0.25, 0.3) is 0 Å². The van der Waals surface area contributed by atoms with E-state index in [0.717, 1.165) is 11.4 Å². The molecule has 0 amide bonds. The summed E-state index contributed by atoms with van der Waals surface area (Å²) in [5.41, 5.74) is 0.814. The minimum Gasteiger partial charge on any atom is -0.496 e. The number of nitrogens with one attached hydrogen (secondary N) is 1. The molecule has 0 fully saturated rings. The number of anilines is 1. The van der Waals surface area contributed by atoms with Gasteiger partial charge in [-0.05, 0) is 24.3 Å². The van der Waals surface area contributed by atoms with Crippen LogP contribution < -0.4 is 10.1 Å². The molecule has 0 spiro atoms. The Labute approximate surface area is 105 Å². The molecule has 5 heteroatoms. The van der Waals surface area contributed by atoms with Crippen molar-refractivity contribution >= 4 is 17.4 Å². The van der Waals surface area contributed by atoms with Crippen LogP contribution in [0.25, 0.3) is 11.4 Å². The molecule has 1 aromatic carbocycles. The minimum atomic E-state index is 0.602. The summed E-state index contributed by atoms with van der Waals surface area (Å²) in [4.78, 5) is 8.58. The second kappa shape index (κ2) is 5.01. The number of halogens is 1. The number of hydrogen-bond donors (Lipinski definition) is 1. The van der Waals surface area contributed by atoms with Crippen molar-refractivity contribution in [3.8, 4) is 17.1 Å². The van der Waals surface area contributed by atoms with E-state index in [1.54, 1.807) is 31.5 Å². The lowest BCUT2D eigenvalue weighted by Crippen LogP contribution is -1.97. The third-order valence-corrected chi connectivity index (χ3v) is 2.55. The second-order valence-electron chi connectivity index (χ2n) is 3.36. The fourth-order valence-corrected chi connectivity index (χ4v) is 1.64. The molecule has 0 bridgehead atoms. The van der Waals surface area contributed by atoms with E-state index in [4.69, 9.17) is 16.3 Å². The van der Waals surface area contributed by atoms with E-state index < -0.39 is 0 Å². The number of rotatable bonds is 3. The molecule has 0 atom stereocenters. The average Bonchev–Trinajstić information content (AvgIpc) is 2.38. The van der Waals surface area contributed by atoms with Gasteiger partial charge in [0.2, 0.25) is 0 Å². The first-order valence-corrected chi connectivity index (χ1v) is 5.47. The van der Waals surface area contributed by atoms with Gasteiger partial charge in [-0.2, -0.15) is 0 Å². The molecule has 1 aromatic heterocycles. The van der Waals surface area contributed by atoms with Gasteiger partial charge < -0.3 is 10.1 Å². The van der Waals surface area contributed by atoms with Gasteiger partial charge in [0.05, 0.1) is 12.7 Å². The molecule has 1 heterocycles. The SMILES string of the molecule is CNc1ccnc(-c2ccc(Cl)cc2OC)n1. The fourth-order valence-electron chi connectivity index (χ4n) is 1.48. The van der Waals surface area contributed by atoms with E-state index in [2.05, 4.69) is 15.3 Å². The number of benzene rings is 1. The smallest absolute Gasteiger partial charge is 0.165 e. The molecule has 2 aromatic rings. The molecule has 0 unspecified atom stereocenters. The van der Waals surface area contributed by atoms with Gasteiger partial charge in [0.1, 0.15) is 11.6 Å². The van der Waals surface area contributed by atoms with E-state index in [1.165, 1.54) is 0 Å². The summed E-state index contributed by atoms with van der Waals surface area (Å²) in [6.07, 6.45) is 1.70. The molecule has 0 aliphatic heterocycles. The Morgan fingerprint density at radius 1 is 1.29 bits per heavy atom. The Balaban J connectivity index is 2.51. The second-order valence-corrected chi connectivity index (χ2v) is 3.80. The van der Waals surface area contributed by atoms with Crippen LogP contribution in [-0.2, 0) is 0 Å². The number of hydrogen-bond acceptors (Lipinski definition) is 4. The Hall–Kier alpha value is -1.81. The first-order valence-electron chi connectivity index (χ1n) is 5.09. The highest BCUT2D eigenvalue weighted by molar-refractivity contribution is 6.30. The van der Waals surface area contributed by atoms with Crippen molar-refractivity contribution in [1.29, 1.82) is 0 Å². The largest absolute Gasteiger partial charge is 0.496 e. The van der Waals surface area contributed by atoms with Gasteiger partial charge in [0.15, 0.2) is 5.82 Å². The van der Waals surface area contributed by atoms with Gasteiger partial charge in [0, 0.05) is 18.3 Å². The molecule has 0 saturated carbocycles. The summed E-state index contributed by atoms with van der Waals surface area (Å²) in [6, 6.07) is 7.17. The molecule has 2 rings (SSSR count). The fraction of sp³-hybridized carbons (Fsp3) is 0.167. The maximum Gasteiger partial charge on any atom is 0.165 e. The van der Waals surface area contributed by atoms with Gasteiger partial charge in [-0.15, -0.1) is 0 Å². The number of methoxy groups -OCH3 is 1. The lowest BCUT2D eigenvalue weighted by molar-refractivity contribution is 0.416. The standard InChI is InChI=1S/C12H12ClN3O/c1-14-11-5-6-15-12(16-11)9-4-3-8(13)7-10(9)17-2/h3-7H,1-2H3,(H,14,15,16). The first kappa shape index (κ1) is 11.7. The van der Waals surface area contributed by atoms with Crippen LogP contribution in [0, 0.1) is 0 Å². The molecular formula is C12H12ClN3O. The van der Waals surface area contributed by atoms with Gasteiger partial charge in [-0.1, -0.05) is 11.6 Å². The highest BCUT2D eigenvalue weighted by Crippen LogP contribution is 2.30. The zero-order chi connectivity index (χ0) is 12.3. The summed E-state index contributed by atoms with van der Waals surface area (Å²) in [7, 11) is 3.41. The van der Waals surface area contributed by atoms with Crippen LogP contribution in [-0.4, -0.2) is 24.1 Å². The highest BCUT2D eigenvalue weighted by atomic mass is 35.5. The van der Waals surface area contributed by atoms with Crippen molar-refractivity contribution in [3.63, 3.8) is 0 Å². The molecule has 4 nitrogen and oxygen atoms in total. The van der Waals surface area contributed by atoms with Crippen molar-refractivity contribution in [3.05, 3.63) is 35.5 Å². The molecule has 17 heavy (non-hydrogen) atoms. The lowest BCUT2D eigenvalue weighted by Gasteiger charge is -2.08. The van der Waals surface area contributed by atoms with E-state index in [9.17, 15) is 0 Å². The Kier molecular flexibility index (Phi) is 3.44.